The lowest BCUT2D eigenvalue weighted by atomic mass is 10.2. The second kappa shape index (κ2) is 8.41. The third-order valence-electron chi connectivity index (χ3n) is 2.64. The van der Waals surface area contributed by atoms with E-state index in [-0.39, 0.29) is 30.6 Å². The van der Waals surface area contributed by atoms with E-state index >= 15 is 0 Å². The molecule has 114 valence electrons. The molecule has 0 saturated heterocycles. The Hall–Kier alpha value is -1.89. The van der Waals surface area contributed by atoms with Crippen molar-refractivity contribution >= 4 is 18.4 Å². The van der Waals surface area contributed by atoms with Gasteiger partial charge in [-0.1, -0.05) is 30.3 Å². The van der Waals surface area contributed by atoms with Crippen molar-refractivity contribution in [3.8, 4) is 0 Å². The van der Waals surface area contributed by atoms with Crippen LogP contribution < -0.4 is 5.73 Å². The minimum Gasteiger partial charge on any atom is -0.464 e. The minimum atomic E-state index is -0.558. The highest BCUT2D eigenvalue weighted by Gasteiger charge is 2.17. The molecule has 0 bridgehead atoms. The van der Waals surface area contributed by atoms with Crippen LogP contribution in [0.15, 0.2) is 41.0 Å². The van der Waals surface area contributed by atoms with Crippen LogP contribution in [0.2, 0.25) is 0 Å². The van der Waals surface area contributed by atoms with Crippen molar-refractivity contribution in [1.82, 2.24) is 4.98 Å². The molecular formula is C14H17ClN2O4. The van der Waals surface area contributed by atoms with Gasteiger partial charge in [0.1, 0.15) is 12.3 Å². The number of hydrogen-bond donors (Lipinski definition) is 1. The molecule has 0 spiro atoms. The first-order valence-corrected chi connectivity index (χ1v) is 6.11. The molecule has 0 aliphatic carbocycles. The Morgan fingerprint density at radius 3 is 2.76 bits per heavy atom. The van der Waals surface area contributed by atoms with Crippen LogP contribution >= 0.6 is 12.4 Å². The van der Waals surface area contributed by atoms with Gasteiger partial charge in [0.05, 0.1) is 20.3 Å². The maximum atomic E-state index is 11.2. The number of oxazole rings is 1. The number of halogens is 1. The molecule has 0 saturated carbocycles. The van der Waals surface area contributed by atoms with Crippen molar-refractivity contribution in [2.24, 2.45) is 5.73 Å². The fraction of sp³-hybridized carbons (Fsp3) is 0.286. The van der Waals surface area contributed by atoms with Gasteiger partial charge in [0.25, 0.3) is 0 Å². The molecule has 0 amide bonds. The number of rotatable bonds is 6. The minimum absolute atomic E-state index is 0. The topological polar surface area (TPSA) is 87.6 Å². The summed E-state index contributed by atoms with van der Waals surface area (Å²) in [7, 11) is 1.28. The summed E-state index contributed by atoms with van der Waals surface area (Å²) >= 11 is 0. The molecule has 7 heteroatoms. The molecule has 0 aliphatic rings. The van der Waals surface area contributed by atoms with E-state index < -0.39 is 12.0 Å². The largest absolute Gasteiger partial charge is 0.464 e. The van der Waals surface area contributed by atoms with Crippen LogP contribution in [0.5, 0.6) is 0 Å². The molecule has 2 N–H and O–H groups in total. The average Bonchev–Trinajstić information content (AvgIpc) is 2.97. The molecule has 2 rings (SSSR count). The summed E-state index contributed by atoms with van der Waals surface area (Å²) < 4.78 is 15.2. The number of esters is 1. The van der Waals surface area contributed by atoms with Crippen LogP contribution in [0.1, 0.15) is 28.0 Å². The van der Waals surface area contributed by atoms with Gasteiger partial charge in [-0.25, -0.2) is 9.78 Å². The van der Waals surface area contributed by atoms with E-state index in [4.69, 9.17) is 14.9 Å². The predicted molar refractivity (Wildman–Crippen MR) is 78.1 cm³/mol. The van der Waals surface area contributed by atoms with Crippen molar-refractivity contribution in [3.05, 3.63) is 53.7 Å². The Morgan fingerprint density at radius 1 is 1.38 bits per heavy atom. The van der Waals surface area contributed by atoms with Crippen LogP contribution in [-0.2, 0) is 16.1 Å². The lowest BCUT2D eigenvalue weighted by Gasteiger charge is -2.08. The number of aromatic nitrogens is 1. The van der Waals surface area contributed by atoms with Crippen LogP contribution in [-0.4, -0.2) is 24.7 Å². The van der Waals surface area contributed by atoms with Gasteiger partial charge in [-0.15, -0.1) is 12.4 Å². The van der Waals surface area contributed by atoms with E-state index in [0.717, 1.165) is 5.56 Å². The summed E-state index contributed by atoms with van der Waals surface area (Å²) in [5.41, 5.74) is 7.04. The van der Waals surface area contributed by atoms with Crippen molar-refractivity contribution in [2.75, 3.05) is 13.7 Å². The number of carbonyl (C=O) groups is 1. The average molecular weight is 313 g/mol. The standard InChI is InChI=1S/C14H16N2O4.ClH/c1-18-14(17)12-9-20-13(16-12)11(15)8-19-7-10-5-3-2-4-6-10;/h2-6,9,11H,7-8,15H2,1H3;1H/t11-;/m0./s1. The summed E-state index contributed by atoms with van der Waals surface area (Å²) in [5.74, 6) is -0.309. The molecule has 2 aromatic rings. The zero-order valence-corrected chi connectivity index (χ0v) is 12.3. The van der Waals surface area contributed by atoms with Crippen molar-refractivity contribution in [3.63, 3.8) is 0 Å². The van der Waals surface area contributed by atoms with E-state index in [0.29, 0.717) is 6.61 Å². The third kappa shape index (κ3) is 4.86. The molecule has 0 unspecified atom stereocenters. The lowest BCUT2D eigenvalue weighted by Crippen LogP contribution is -2.18. The van der Waals surface area contributed by atoms with E-state index in [1.165, 1.54) is 13.4 Å². The molecular weight excluding hydrogens is 296 g/mol. The third-order valence-corrected chi connectivity index (χ3v) is 2.64. The highest BCUT2D eigenvalue weighted by molar-refractivity contribution is 5.86. The number of benzene rings is 1. The second-order valence-corrected chi connectivity index (χ2v) is 4.17. The number of methoxy groups -OCH3 is 1. The van der Waals surface area contributed by atoms with E-state index in [1.807, 2.05) is 30.3 Å². The SMILES string of the molecule is COC(=O)c1coc([C@@H](N)COCc2ccccc2)n1.Cl. The van der Waals surface area contributed by atoms with E-state index in [1.54, 1.807) is 0 Å². The van der Waals surface area contributed by atoms with Crippen LogP contribution in [0.3, 0.4) is 0 Å². The Kier molecular flexibility index (Phi) is 6.87. The molecule has 6 nitrogen and oxygen atoms in total. The molecule has 1 aromatic carbocycles. The Labute approximate surface area is 128 Å². The fourth-order valence-corrected chi connectivity index (χ4v) is 1.61. The smallest absolute Gasteiger partial charge is 0.360 e. The van der Waals surface area contributed by atoms with Crippen molar-refractivity contribution < 1.29 is 18.7 Å². The number of ether oxygens (including phenoxy) is 2. The Morgan fingerprint density at radius 2 is 2.10 bits per heavy atom. The monoisotopic (exact) mass is 312 g/mol. The van der Waals surface area contributed by atoms with Gasteiger partial charge in [-0.05, 0) is 5.56 Å². The number of hydrogen-bond acceptors (Lipinski definition) is 6. The van der Waals surface area contributed by atoms with Crippen molar-refractivity contribution in [1.29, 1.82) is 0 Å². The molecule has 0 aliphatic heterocycles. The molecule has 21 heavy (non-hydrogen) atoms. The lowest BCUT2D eigenvalue weighted by molar-refractivity contribution is 0.0593. The van der Waals surface area contributed by atoms with Gasteiger partial charge < -0.3 is 19.6 Å². The zero-order valence-electron chi connectivity index (χ0n) is 11.5. The highest BCUT2D eigenvalue weighted by atomic mass is 35.5. The maximum absolute atomic E-state index is 11.2. The van der Waals surface area contributed by atoms with Crippen molar-refractivity contribution in [2.45, 2.75) is 12.6 Å². The van der Waals surface area contributed by atoms with Gasteiger partial charge in [0.15, 0.2) is 5.69 Å². The van der Waals surface area contributed by atoms with Crippen LogP contribution in [0.25, 0.3) is 0 Å². The van der Waals surface area contributed by atoms with Gasteiger partial charge >= 0.3 is 5.97 Å². The van der Waals surface area contributed by atoms with Crippen LogP contribution in [0, 0.1) is 0 Å². The normalized spacial score (nSPS) is 11.5. The first kappa shape index (κ1) is 17.2. The van der Waals surface area contributed by atoms with Gasteiger partial charge in [-0.3, -0.25) is 0 Å². The number of nitrogens with zero attached hydrogens (tertiary/aromatic N) is 1. The molecule has 1 atom stereocenters. The van der Waals surface area contributed by atoms with Gasteiger partial charge in [0.2, 0.25) is 5.89 Å². The maximum Gasteiger partial charge on any atom is 0.360 e. The summed E-state index contributed by atoms with van der Waals surface area (Å²) in [6.07, 6.45) is 1.22. The Bertz CT molecular complexity index is 559. The number of carbonyl (C=O) groups excluding carboxylic acids is 1. The van der Waals surface area contributed by atoms with E-state index in [2.05, 4.69) is 9.72 Å². The Balaban J connectivity index is 0.00000220. The van der Waals surface area contributed by atoms with Gasteiger partial charge in [-0.2, -0.15) is 0 Å². The first-order chi connectivity index (χ1) is 9.70. The zero-order chi connectivity index (χ0) is 14.4. The fourth-order valence-electron chi connectivity index (χ4n) is 1.61. The molecule has 1 heterocycles. The van der Waals surface area contributed by atoms with E-state index in [9.17, 15) is 4.79 Å². The summed E-state index contributed by atoms with van der Waals surface area (Å²) in [4.78, 5) is 15.2. The highest BCUT2D eigenvalue weighted by Crippen LogP contribution is 2.12. The first-order valence-electron chi connectivity index (χ1n) is 6.11. The predicted octanol–water partition coefficient (Wildman–Crippen LogP) is 2.10. The van der Waals surface area contributed by atoms with Gasteiger partial charge in [0, 0.05) is 0 Å². The quantitative estimate of drug-likeness (QED) is 0.822. The molecule has 0 fully saturated rings. The summed E-state index contributed by atoms with van der Waals surface area (Å²) in [5, 5.41) is 0. The molecule has 0 radical (unpaired) electrons. The molecule has 1 aromatic heterocycles. The second-order valence-electron chi connectivity index (χ2n) is 4.17. The van der Waals surface area contributed by atoms with Crippen LogP contribution in [0.4, 0.5) is 0 Å². The number of nitrogens with two attached hydrogens (primary N) is 1. The summed E-state index contributed by atoms with van der Waals surface area (Å²) in [6, 6.07) is 9.22. The summed E-state index contributed by atoms with van der Waals surface area (Å²) in [6.45, 7) is 0.703.